The van der Waals surface area contributed by atoms with E-state index in [4.69, 9.17) is 0 Å². The van der Waals surface area contributed by atoms with E-state index in [-0.39, 0.29) is 11.2 Å². The second-order valence-electron chi connectivity index (χ2n) is 8.48. The third-order valence-electron chi connectivity index (χ3n) is 7.70. The van der Waals surface area contributed by atoms with Gasteiger partial charge in [0.1, 0.15) is 11.5 Å². The number of hydrogen-bond acceptors (Lipinski definition) is 2. The van der Waals surface area contributed by atoms with Gasteiger partial charge in [0.2, 0.25) is 0 Å². The summed E-state index contributed by atoms with van der Waals surface area (Å²) in [5, 5.41) is 20.8. The van der Waals surface area contributed by atoms with Gasteiger partial charge in [0.15, 0.2) is 0 Å². The standard InChI is InChI=1S/C19H28O2/c1-18-10-3-4-14(18)13-7-5-12-6-8-16(20)17(21)19(12,2)15(13)9-11-18/h5,7,12-15,20-21H,3-4,6,8-11H2,1-2H3/t12-,13+,14+,15+,18+,19+/m1/s1. The lowest BCUT2D eigenvalue weighted by atomic mass is 9.48. The molecule has 0 saturated heterocycles. The Hall–Kier alpha value is -0.920. The Morgan fingerprint density at radius 3 is 2.62 bits per heavy atom. The quantitative estimate of drug-likeness (QED) is 0.606. The highest BCUT2D eigenvalue weighted by atomic mass is 16.3. The van der Waals surface area contributed by atoms with Crippen LogP contribution in [0.2, 0.25) is 0 Å². The topological polar surface area (TPSA) is 40.5 Å². The van der Waals surface area contributed by atoms with Crippen LogP contribution in [0.4, 0.5) is 0 Å². The molecule has 4 aliphatic rings. The van der Waals surface area contributed by atoms with Gasteiger partial charge in [-0.2, -0.15) is 0 Å². The zero-order valence-corrected chi connectivity index (χ0v) is 13.3. The molecule has 2 heteroatoms. The van der Waals surface area contributed by atoms with Crippen molar-refractivity contribution in [2.75, 3.05) is 0 Å². The first-order valence-electron chi connectivity index (χ1n) is 8.77. The molecule has 0 unspecified atom stereocenters. The van der Waals surface area contributed by atoms with Gasteiger partial charge in [-0.25, -0.2) is 0 Å². The number of allylic oxidation sites excluding steroid dienone is 4. The van der Waals surface area contributed by atoms with Crippen LogP contribution in [0.1, 0.15) is 58.8 Å². The number of aliphatic hydroxyl groups excluding tert-OH is 2. The van der Waals surface area contributed by atoms with E-state index < -0.39 is 0 Å². The van der Waals surface area contributed by atoms with Gasteiger partial charge in [-0.1, -0.05) is 32.4 Å². The molecule has 0 aliphatic heterocycles. The van der Waals surface area contributed by atoms with E-state index in [2.05, 4.69) is 26.0 Å². The Labute approximate surface area is 127 Å². The fourth-order valence-corrected chi connectivity index (χ4v) is 6.36. The summed E-state index contributed by atoms with van der Waals surface area (Å²) in [5.74, 6) is 2.84. The monoisotopic (exact) mass is 288 g/mol. The van der Waals surface area contributed by atoms with Gasteiger partial charge >= 0.3 is 0 Å². The van der Waals surface area contributed by atoms with Gasteiger partial charge in [0, 0.05) is 11.8 Å². The number of aliphatic hydroxyl groups is 2. The average Bonchev–Trinajstić information content (AvgIpc) is 2.86. The van der Waals surface area contributed by atoms with Crippen molar-refractivity contribution in [1.82, 2.24) is 0 Å². The SMILES string of the molecule is C[C@@]12CCC[C@H]1[C@@H]1C=C[C@@H]3CCC(O)=C(O)[C@]3(C)[C@H]1CC2. The molecule has 0 bridgehead atoms. The third kappa shape index (κ3) is 1.65. The molecule has 0 spiro atoms. The lowest BCUT2D eigenvalue weighted by Crippen LogP contribution is -2.51. The molecular weight excluding hydrogens is 260 g/mol. The van der Waals surface area contributed by atoms with Crippen molar-refractivity contribution in [2.24, 2.45) is 34.5 Å². The Kier molecular flexibility index (Phi) is 2.81. The van der Waals surface area contributed by atoms with Crippen molar-refractivity contribution in [3.05, 3.63) is 23.7 Å². The van der Waals surface area contributed by atoms with Crippen molar-refractivity contribution in [2.45, 2.75) is 58.8 Å². The van der Waals surface area contributed by atoms with E-state index in [1.54, 1.807) is 0 Å². The lowest BCUT2D eigenvalue weighted by molar-refractivity contribution is -0.0411. The molecule has 0 amide bonds. The fourth-order valence-electron chi connectivity index (χ4n) is 6.36. The van der Waals surface area contributed by atoms with E-state index in [9.17, 15) is 10.2 Å². The molecule has 4 rings (SSSR count). The summed E-state index contributed by atoms with van der Waals surface area (Å²) in [4.78, 5) is 0. The molecule has 2 N–H and O–H groups in total. The molecule has 21 heavy (non-hydrogen) atoms. The van der Waals surface area contributed by atoms with E-state index in [0.29, 0.717) is 35.3 Å². The Bertz CT molecular complexity index is 520. The lowest BCUT2D eigenvalue weighted by Gasteiger charge is -2.56. The van der Waals surface area contributed by atoms with Crippen molar-refractivity contribution < 1.29 is 10.2 Å². The van der Waals surface area contributed by atoms with Crippen molar-refractivity contribution >= 4 is 0 Å². The summed E-state index contributed by atoms with van der Waals surface area (Å²) in [6.07, 6.45) is 13.1. The fraction of sp³-hybridized carbons (Fsp3) is 0.789. The summed E-state index contributed by atoms with van der Waals surface area (Å²) in [6.45, 7) is 4.69. The first-order chi connectivity index (χ1) is 9.97. The summed E-state index contributed by atoms with van der Waals surface area (Å²) < 4.78 is 0. The predicted molar refractivity (Wildman–Crippen MR) is 83.9 cm³/mol. The largest absolute Gasteiger partial charge is 0.509 e. The van der Waals surface area contributed by atoms with Crippen LogP contribution in [-0.4, -0.2) is 10.2 Å². The van der Waals surface area contributed by atoms with Crippen molar-refractivity contribution in [1.29, 1.82) is 0 Å². The Balaban J connectivity index is 1.77. The highest BCUT2D eigenvalue weighted by molar-refractivity contribution is 5.27. The molecule has 6 atom stereocenters. The van der Waals surface area contributed by atoms with Crippen LogP contribution in [-0.2, 0) is 0 Å². The van der Waals surface area contributed by atoms with E-state index in [1.165, 1.54) is 32.1 Å². The first-order valence-corrected chi connectivity index (χ1v) is 8.77. The molecule has 116 valence electrons. The predicted octanol–water partition coefficient (Wildman–Crippen LogP) is 5.13. The van der Waals surface area contributed by atoms with E-state index in [1.807, 2.05) is 0 Å². The molecule has 4 aliphatic carbocycles. The van der Waals surface area contributed by atoms with Crippen LogP contribution in [0.15, 0.2) is 23.7 Å². The maximum absolute atomic E-state index is 10.7. The summed E-state index contributed by atoms with van der Waals surface area (Å²) in [6, 6.07) is 0. The Morgan fingerprint density at radius 1 is 1.00 bits per heavy atom. The van der Waals surface area contributed by atoms with Gasteiger partial charge in [-0.05, 0) is 61.2 Å². The minimum absolute atomic E-state index is 0.230. The zero-order chi connectivity index (χ0) is 14.8. The molecule has 0 radical (unpaired) electrons. The van der Waals surface area contributed by atoms with Crippen LogP contribution in [0.5, 0.6) is 0 Å². The minimum atomic E-state index is -0.230. The van der Waals surface area contributed by atoms with Crippen molar-refractivity contribution in [3.8, 4) is 0 Å². The summed E-state index contributed by atoms with van der Waals surface area (Å²) >= 11 is 0. The summed E-state index contributed by atoms with van der Waals surface area (Å²) in [7, 11) is 0. The third-order valence-corrected chi connectivity index (χ3v) is 7.70. The minimum Gasteiger partial charge on any atom is -0.509 e. The molecule has 0 heterocycles. The highest BCUT2D eigenvalue weighted by Crippen LogP contribution is 2.64. The molecule has 0 aromatic rings. The zero-order valence-electron chi connectivity index (χ0n) is 13.3. The first kappa shape index (κ1) is 13.7. The summed E-state index contributed by atoms with van der Waals surface area (Å²) in [5.41, 5.74) is 0.288. The Morgan fingerprint density at radius 2 is 1.81 bits per heavy atom. The maximum Gasteiger partial charge on any atom is 0.136 e. The number of hydrogen-bond donors (Lipinski definition) is 2. The molecule has 0 aromatic carbocycles. The highest BCUT2D eigenvalue weighted by Gasteiger charge is 2.58. The molecule has 2 nitrogen and oxygen atoms in total. The molecule has 0 aromatic heterocycles. The second-order valence-corrected chi connectivity index (χ2v) is 8.48. The van der Waals surface area contributed by atoms with Gasteiger partial charge < -0.3 is 10.2 Å². The molecule has 2 fully saturated rings. The number of fused-ring (bicyclic) bond motifs is 5. The smallest absolute Gasteiger partial charge is 0.136 e. The maximum atomic E-state index is 10.7. The molecular formula is C19H28O2. The normalized spacial score (nSPS) is 52.3. The van der Waals surface area contributed by atoms with E-state index >= 15 is 0 Å². The van der Waals surface area contributed by atoms with Crippen LogP contribution in [0.25, 0.3) is 0 Å². The van der Waals surface area contributed by atoms with Gasteiger partial charge in [0.25, 0.3) is 0 Å². The van der Waals surface area contributed by atoms with Gasteiger partial charge in [-0.15, -0.1) is 0 Å². The number of rotatable bonds is 0. The van der Waals surface area contributed by atoms with Gasteiger partial charge in [0.05, 0.1) is 0 Å². The van der Waals surface area contributed by atoms with Crippen LogP contribution >= 0.6 is 0 Å². The van der Waals surface area contributed by atoms with Crippen LogP contribution < -0.4 is 0 Å². The van der Waals surface area contributed by atoms with Crippen molar-refractivity contribution in [3.63, 3.8) is 0 Å². The van der Waals surface area contributed by atoms with Crippen LogP contribution in [0.3, 0.4) is 0 Å². The van der Waals surface area contributed by atoms with Crippen LogP contribution in [0, 0.1) is 34.5 Å². The second kappa shape index (κ2) is 4.30. The molecule has 2 saturated carbocycles. The van der Waals surface area contributed by atoms with E-state index in [0.717, 1.165) is 12.3 Å². The average molecular weight is 288 g/mol. The van der Waals surface area contributed by atoms with Gasteiger partial charge in [-0.3, -0.25) is 0 Å².